The van der Waals surface area contributed by atoms with Gasteiger partial charge in [-0.2, -0.15) is 0 Å². The van der Waals surface area contributed by atoms with Crippen molar-refractivity contribution in [3.05, 3.63) is 46.7 Å². The molecule has 0 N–H and O–H groups in total. The molecule has 0 aromatic heterocycles. The van der Waals surface area contributed by atoms with Gasteiger partial charge in [-0.1, -0.05) is 52.0 Å². The summed E-state index contributed by atoms with van der Waals surface area (Å²) in [5, 5.41) is 0. The third kappa shape index (κ3) is 3.40. The molecular formula is C16H22. The Labute approximate surface area is 99.7 Å². The van der Waals surface area contributed by atoms with E-state index in [0.717, 1.165) is 6.42 Å². The molecule has 0 saturated heterocycles. The first-order chi connectivity index (χ1) is 7.45. The van der Waals surface area contributed by atoms with E-state index in [2.05, 4.69) is 70.7 Å². The Balaban J connectivity index is 3.09. The second kappa shape index (κ2) is 5.18. The van der Waals surface area contributed by atoms with Crippen molar-refractivity contribution in [2.24, 2.45) is 5.41 Å². The summed E-state index contributed by atoms with van der Waals surface area (Å²) in [6.07, 6.45) is 3.18. The van der Waals surface area contributed by atoms with Crippen LogP contribution in [0, 0.1) is 5.41 Å². The summed E-state index contributed by atoms with van der Waals surface area (Å²) >= 11 is 0. The maximum Gasteiger partial charge on any atom is -0.00999 e. The van der Waals surface area contributed by atoms with Gasteiger partial charge in [0.2, 0.25) is 0 Å². The van der Waals surface area contributed by atoms with E-state index in [-0.39, 0.29) is 5.41 Å². The van der Waals surface area contributed by atoms with Gasteiger partial charge in [-0.25, -0.2) is 0 Å². The quantitative estimate of drug-likeness (QED) is 0.617. The molecule has 1 aromatic rings. The van der Waals surface area contributed by atoms with E-state index in [1.165, 1.54) is 16.7 Å². The highest BCUT2D eigenvalue weighted by molar-refractivity contribution is 5.53. The van der Waals surface area contributed by atoms with Crippen molar-refractivity contribution in [2.75, 3.05) is 0 Å². The van der Waals surface area contributed by atoms with E-state index in [1.807, 2.05) is 0 Å². The van der Waals surface area contributed by atoms with E-state index in [9.17, 15) is 0 Å². The van der Waals surface area contributed by atoms with E-state index >= 15 is 0 Å². The summed E-state index contributed by atoms with van der Waals surface area (Å²) in [6, 6.07) is 8.51. The highest BCUT2D eigenvalue weighted by Crippen LogP contribution is 2.23. The normalized spacial score (nSPS) is 10.8. The van der Waals surface area contributed by atoms with Crippen molar-refractivity contribution in [3.8, 4) is 0 Å². The van der Waals surface area contributed by atoms with Crippen LogP contribution in [-0.4, -0.2) is 0 Å². The number of rotatable bonds is 2. The molecule has 0 aliphatic carbocycles. The summed E-state index contributed by atoms with van der Waals surface area (Å²) in [5.74, 6) is 0. The van der Waals surface area contributed by atoms with Crippen LogP contribution in [0.2, 0.25) is 0 Å². The van der Waals surface area contributed by atoms with E-state index in [1.54, 1.807) is 0 Å². The molecule has 0 unspecified atom stereocenters. The smallest absolute Gasteiger partial charge is 0.00999 e. The average Bonchev–Trinajstić information content (AvgIpc) is 2.24. The molecule has 0 atom stereocenters. The van der Waals surface area contributed by atoms with Crippen LogP contribution in [0.5, 0.6) is 0 Å². The van der Waals surface area contributed by atoms with Crippen LogP contribution in [0.15, 0.2) is 35.6 Å². The van der Waals surface area contributed by atoms with Gasteiger partial charge in [0.25, 0.3) is 0 Å². The lowest BCUT2D eigenvalue weighted by molar-refractivity contribution is 0.505. The van der Waals surface area contributed by atoms with Crippen molar-refractivity contribution >= 4 is 6.08 Å². The van der Waals surface area contributed by atoms with Gasteiger partial charge in [-0.05, 0) is 41.5 Å². The van der Waals surface area contributed by atoms with Gasteiger partial charge in [0, 0.05) is 0 Å². The van der Waals surface area contributed by atoms with Gasteiger partial charge >= 0.3 is 0 Å². The number of allylic oxidation sites excluding steroid dienone is 1. The zero-order valence-electron chi connectivity index (χ0n) is 11.1. The standard InChI is InChI=1S/C16H22/c1-6-14-9-7-8-10-15(14)12-11-13(2)16(3,4)5/h7-10,12H,6H2,1-5H3. The van der Waals surface area contributed by atoms with E-state index < -0.39 is 0 Å². The first-order valence-electron chi connectivity index (χ1n) is 5.97. The minimum atomic E-state index is 0.206. The number of benzene rings is 1. The van der Waals surface area contributed by atoms with Crippen molar-refractivity contribution in [2.45, 2.75) is 41.0 Å². The predicted octanol–water partition coefficient (Wildman–Crippen LogP) is 4.85. The molecule has 0 aliphatic rings. The summed E-state index contributed by atoms with van der Waals surface area (Å²) in [5.41, 5.74) is 7.57. The lowest BCUT2D eigenvalue weighted by Gasteiger charge is -2.16. The van der Waals surface area contributed by atoms with Crippen molar-refractivity contribution in [3.63, 3.8) is 0 Å². The summed E-state index contributed by atoms with van der Waals surface area (Å²) in [7, 11) is 0. The molecule has 0 heteroatoms. The second-order valence-corrected chi connectivity index (χ2v) is 5.22. The monoisotopic (exact) mass is 214 g/mol. The molecule has 16 heavy (non-hydrogen) atoms. The molecule has 0 nitrogen and oxygen atoms in total. The summed E-state index contributed by atoms with van der Waals surface area (Å²) < 4.78 is 0. The first-order valence-corrected chi connectivity index (χ1v) is 5.97. The molecule has 0 aliphatic heterocycles. The van der Waals surface area contributed by atoms with Crippen LogP contribution < -0.4 is 0 Å². The fourth-order valence-corrected chi connectivity index (χ4v) is 1.40. The molecule has 0 heterocycles. The van der Waals surface area contributed by atoms with Crippen molar-refractivity contribution < 1.29 is 0 Å². The lowest BCUT2D eigenvalue weighted by Crippen LogP contribution is -2.05. The molecule has 0 fully saturated rings. The Hall–Kier alpha value is -1.26. The largest absolute Gasteiger partial charge is 0.121 e. The Morgan fingerprint density at radius 2 is 1.88 bits per heavy atom. The highest BCUT2D eigenvalue weighted by atomic mass is 14.1. The van der Waals surface area contributed by atoms with Crippen LogP contribution in [0.3, 0.4) is 0 Å². The van der Waals surface area contributed by atoms with E-state index in [0.29, 0.717) is 0 Å². The topological polar surface area (TPSA) is 0 Å². The number of hydrogen-bond donors (Lipinski definition) is 0. The predicted molar refractivity (Wildman–Crippen MR) is 72.4 cm³/mol. The minimum Gasteiger partial charge on any atom is -0.121 e. The molecule has 0 radical (unpaired) electrons. The average molecular weight is 214 g/mol. The van der Waals surface area contributed by atoms with Gasteiger partial charge in [-0.15, -0.1) is 5.73 Å². The van der Waals surface area contributed by atoms with Gasteiger partial charge in [-0.3, -0.25) is 0 Å². The fourth-order valence-electron chi connectivity index (χ4n) is 1.40. The zero-order chi connectivity index (χ0) is 12.2. The first kappa shape index (κ1) is 12.8. The molecular weight excluding hydrogens is 192 g/mol. The Morgan fingerprint density at radius 3 is 2.44 bits per heavy atom. The molecule has 86 valence electrons. The molecule has 0 saturated carbocycles. The highest BCUT2D eigenvalue weighted by Gasteiger charge is 2.11. The lowest BCUT2D eigenvalue weighted by atomic mass is 9.88. The third-order valence-corrected chi connectivity index (χ3v) is 3.01. The molecule has 1 aromatic carbocycles. The SMILES string of the molecule is CCc1ccccc1C=C=C(C)C(C)(C)C. The van der Waals surface area contributed by atoms with Crippen LogP contribution >= 0.6 is 0 Å². The van der Waals surface area contributed by atoms with Gasteiger partial charge in [0.15, 0.2) is 0 Å². The van der Waals surface area contributed by atoms with Crippen LogP contribution in [0.4, 0.5) is 0 Å². The van der Waals surface area contributed by atoms with E-state index in [4.69, 9.17) is 0 Å². The van der Waals surface area contributed by atoms with Crippen molar-refractivity contribution in [1.82, 2.24) is 0 Å². The molecule has 0 amide bonds. The van der Waals surface area contributed by atoms with Crippen molar-refractivity contribution in [1.29, 1.82) is 0 Å². The maximum absolute atomic E-state index is 3.41. The Bertz CT molecular complexity index is 410. The molecule has 1 rings (SSSR count). The Morgan fingerprint density at radius 1 is 1.25 bits per heavy atom. The Kier molecular flexibility index (Phi) is 4.15. The third-order valence-electron chi connectivity index (χ3n) is 3.01. The second-order valence-electron chi connectivity index (χ2n) is 5.22. The number of hydrogen-bond acceptors (Lipinski definition) is 0. The van der Waals surface area contributed by atoms with Gasteiger partial charge in [0.05, 0.1) is 0 Å². The van der Waals surface area contributed by atoms with Gasteiger partial charge < -0.3 is 0 Å². The van der Waals surface area contributed by atoms with Crippen LogP contribution in [0.1, 0.15) is 45.7 Å². The molecule has 0 bridgehead atoms. The van der Waals surface area contributed by atoms with Crippen LogP contribution in [-0.2, 0) is 6.42 Å². The summed E-state index contributed by atoms with van der Waals surface area (Å²) in [6.45, 7) is 11.0. The summed E-state index contributed by atoms with van der Waals surface area (Å²) in [4.78, 5) is 0. The molecule has 0 spiro atoms. The maximum atomic E-state index is 3.41. The zero-order valence-corrected chi connectivity index (χ0v) is 11.1. The van der Waals surface area contributed by atoms with Crippen LogP contribution in [0.25, 0.3) is 6.08 Å². The van der Waals surface area contributed by atoms with Gasteiger partial charge in [0.1, 0.15) is 0 Å². The minimum absolute atomic E-state index is 0.206. The fraction of sp³-hybridized carbons (Fsp3) is 0.438. The number of aryl methyl sites for hydroxylation is 1.